The number of nitrogens with one attached hydrogen (secondary N) is 1. The van der Waals surface area contributed by atoms with Gasteiger partial charge in [-0.1, -0.05) is 43.0 Å². The summed E-state index contributed by atoms with van der Waals surface area (Å²) in [6, 6.07) is 17.8. The minimum Gasteiger partial charge on any atom is -0.378 e. The summed E-state index contributed by atoms with van der Waals surface area (Å²) >= 11 is 0. The van der Waals surface area contributed by atoms with Gasteiger partial charge in [0.2, 0.25) is 0 Å². The van der Waals surface area contributed by atoms with Gasteiger partial charge in [-0.25, -0.2) is 0 Å². The molecule has 1 fully saturated rings. The number of nitrogens with zero attached hydrogens (tertiary/aromatic N) is 4. The van der Waals surface area contributed by atoms with Crippen LogP contribution in [0.1, 0.15) is 46.4 Å². The monoisotopic (exact) mass is 481 g/mol. The van der Waals surface area contributed by atoms with Crippen LogP contribution >= 0.6 is 0 Å². The smallest absolute Gasteiger partial charge is 0.270 e. The molecule has 2 aliphatic carbocycles. The number of carbonyl (C=O) groups is 1. The van der Waals surface area contributed by atoms with Gasteiger partial charge in [-0.3, -0.25) is 4.79 Å². The Morgan fingerprint density at radius 2 is 1.67 bits per heavy atom. The molecule has 1 heterocycles. The van der Waals surface area contributed by atoms with Crippen molar-refractivity contribution in [2.75, 3.05) is 43.3 Å². The van der Waals surface area contributed by atoms with Crippen LogP contribution in [0.4, 0.5) is 17.2 Å². The number of hydrogen-bond donors (Lipinski definition) is 1. The van der Waals surface area contributed by atoms with Gasteiger partial charge < -0.3 is 15.1 Å². The highest BCUT2D eigenvalue weighted by molar-refractivity contribution is 5.91. The molecule has 0 aliphatic heterocycles. The summed E-state index contributed by atoms with van der Waals surface area (Å²) in [5.74, 6) is 0.583. The molecular weight excluding hydrogens is 446 g/mol. The first kappa shape index (κ1) is 23.9. The van der Waals surface area contributed by atoms with Crippen LogP contribution in [-0.4, -0.2) is 49.9 Å². The SMILES string of the molecule is C=CC(=O)n1nc(NC2CCC2)c2c1CC(c1cccc(N(C)C)c1)(c1cccc(N(C)C)c1)C=C2. The van der Waals surface area contributed by atoms with Gasteiger partial charge in [0.1, 0.15) is 0 Å². The summed E-state index contributed by atoms with van der Waals surface area (Å²) in [6.07, 6.45) is 9.93. The third-order valence-corrected chi connectivity index (χ3v) is 7.59. The second kappa shape index (κ2) is 9.34. The molecule has 6 heteroatoms. The molecule has 0 unspecified atom stereocenters. The summed E-state index contributed by atoms with van der Waals surface area (Å²) in [5.41, 5.74) is 6.08. The van der Waals surface area contributed by atoms with E-state index in [2.05, 4.69) is 111 Å². The van der Waals surface area contributed by atoms with Gasteiger partial charge in [0, 0.05) is 63.0 Å². The summed E-state index contributed by atoms with van der Waals surface area (Å²) < 4.78 is 1.55. The number of hydrogen-bond acceptors (Lipinski definition) is 5. The quantitative estimate of drug-likeness (QED) is 0.461. The fourth-order valence-electron chi connectivity index (χ4n) is 5.17. The van der Waals surface area contributed by atoms with Gasteiger partial charge in [0.15, 0.2) is 5.82 Å². The van der Waals surface area contributed by atoms with Gasteiger partial charge in [0.05, 0.1) is 5.69 Å². The summed E-state index contributed by atoms with van der Waals surface area (Å²) in [7, 11) is 8.24. The Labute approximate surface area is 213 Å². The predicted octanol–water partition coefficient (Wildman–Crippen LogP) is 5.36. The van der Waals surface area contributed by atoms with E-state index in [4.69, 9.17) is 5.10 Å². The molecule has 1 aromatic heterocycles. The lowest BCUT2D eigenvalue weighted by Crippen LogP contribution is -2.33. The van der Waals surface area contributed by atoms with E-state index >= 15 is 0 Å². The molecule has 3 aromatic rings. The van der Waals surface area contributed by atoms with Crippen molar-refractivity contribution in [1.29, 1.82) is 0 Å². The van der Waals surface area contributed by atoms with Crippen molar-refractivity contribution in [3.8, 4) is 0 Å². The minimum absolute atomic E-state index is 0.207. The van der Waals surface area contributed by atoms with Crippen molar-refractivity contribution >= 4 is 29.2 Å². The number of aromatic nitrogens is 2. The molecule has 2 aliphatic rings. The topological polar surface area (TPSA) is 53.4 Å². The molecule has 5 rings (SSSR count). The Kier molecular flexibility index (Phi) is 6.20. The number of allylic oxidation sites excluding steroid dienone is 2. The summed E-state index contributed by atoms with van der Waals surface area (Å²) in [4.78, 5) is 17.2. The molecule has 1 saturated carbocycles. The number of benzene rings is 2. The van der Waals surface area contributed by atoms with E-state index in [1.165, 1.54) is 23.6 Å². The first-order valence-electron chi connectivity index (χ1n) is 12.6. The van der Waals surface area contributed by atoms with Crippen LogP contribution < -0.4 is 15.1 Å². The van der Waals surface area contributed by atoms with Gasteiger partial charge in [-0.05, 0) is 60.7 Å². The lowest BCUT2D eigenvalue weighted by Gasteiger charge is -2.36. The predicted molar refractivity (Wildman–Crippen MR) is 149 cm³/mol. The van der Waals surface area contributed by atoms with E-state index in [-0.39, 0.29) is 5.91 Å². The fraction of sp³-hybridized carbons (Fsp3) is 0.333. The van der Waals surface area contributed by atoms with E-state index in [1.807, 2.05) is 0 Å². The highest BCUT2D eigenvalue weighted by atomic mass is 16.2. The summed E-state index contributed by atoms with van der Waals surface area (Å²) in [5, 5.41) is 8.32. The largest absolute Gasteiger partial charge is 0.378 e. The first-order chi connectivity index (χ1) is 17.3. The van der Waals surface area contributed by atoms with Crippen LogP contribution in [0.5, 0.6) is 0 Å². The van der Waals surface area contributed by atoms with E-state index in [9.17, 15) is 4.79 Å². The molecule has 0 radical (unpaired) electrons. The Bertz CT molecular complexity index is 1280. The number of rotatable bonds is 7. The van der Waals surface area contributed by atoms with Crippen LogP contribution in [0.25, 0.3) is 6.08 Å². The lowest BCUT2D eigenvalue weighted by molar-refractivity contribution is 0.0950. The molecule has 2 aromatic carbocycles. The zero-order valence-corrected chi connectivity index (χ0v) is 21.7. The first-order valence-corrected chi connectivity index (χ1v) is 12.6. The molecule has 0 amide bonds. The highest BCUT2D eigenvalue weighted by Gasteiger charge is 2.39. The molecule has 0 spiro atoms. The molecule has 0 saturated heterocycles. The molecule has 36 heavy (non-hydrogen) atoms. The number of carbonyl (C=O) groups excluding carboxylic acids is 1. The average molecular weight is 482 g/mol. The maximum absolute atomic E-state index is 13.0. The van der Waals surface area contributed by atoms with Crippen LogP contribution in [0.3, 0.4) is 0 Å². The molecule has 186 valence electrons. The lowest BCUT2D eigenvalue weighted by atomic mass is 9.68. The Morgan fingerprint density at radius 3 is 2.17 bits per heavy atom. The zero-order valence-electron chi connectivity index (χ0n) is 21.7. The van der Waals surface area contributed by atoms with Crippen LogP contribution in [-0.2, 0) is 11.8 Å². The van der Waals surface area contributed by atoms with Crippen molar-refractivity contribution in [3.63, 3.8) is 0 Å². The second-order valence-electron chi connectivity index (χ2n) is 10.3. The molecule has 0 atom stereocenters. The maximum Gasteiger partial charge on any atom is 0.270 e. The number of anilines is 3. The van der Waals surface area contributed by atoms with Crippen LogP contribution in [0, 0.1) is 0 Å². The number of fused-ring (bicyclic) bond motifs is 1. The second-order valence-corrected chi connectivity index (χ2v) is 10.3. The van der Waals surface area contributed by atoms with Crippen LogP contribution in [0.2, 0.25) is 0 Å². The van der Waals surface area contributed by atoms with Crippen molar-refractivity contribution in [2.45, 2.75) is 37.1 Å². The summed E-state index contributed by atoms with van der Waals surface area (Å²) in [6.45, 7) is 3.74. The van der Waals surface area contributed by atoms with Crippen molar-refractivity contribution in [1.82, 2.24) is 9.78 Å². The Balaban J connectivity index is 1.70. The normalized spacial score (nSPS) is 16.1. The highest BCUT2D eigenvalue weighted by Crippen LogP contribution is 2.45. The van der Waals surface area contributed by atoms with Crippen LogP contribution in [0.15, 0.2) is 67.3 Å². The average Bonchev–Trinajstić information content (AvgIpc) is 3.23. The van der Waals surface area contributed by atoms with Gasteiger partial charge in [-0.2, -0.15) is 4.68 Å². The Morgan fingerprint density at radius 1 is 1.06 bits per heavy atom. The zero-order chi connectivity index (χ0) is 25.4. The molecular formula is C30H35N5O. The van der Waals surface area contributed by atoms with E-state index in [0.29, 0.717) is 12.5 Å². The maximum atomic E-state index is 13.0. The van der Waals surface area contributed by atoms with Crippen molar-refractivity contribution in [2.24, 2.45) is 0 Å². The van der Waals surface area contributed by atoms with Gasteiger partial charge in [0.25, 0.3) is 5.91 Å². The molecule has 6 nitrogen and oxygen atoms in total. The Hall–Kier alpha value is -3.80. The molecule has 1 N–H and O–H groups in total. The third kappa shape index (κ3) is 4.11. The van der Waals surface area contributed by atoms with E-state index < -0.39 is 5.41 Å². The van der Waals surface area contributed by atoms with Crippen molar-refractivity contribution in [3.05, 3.63) is 89.6 Å². The van der Waals surface area contributed by atoms with Crippen molar-refractivity contribution < 1.29 is 4.79 Å². The van der Waals surface area contributed by atoms with Gasteiger partial charge >= 0.3 is 0 Å². The standard InChI is InChI=1S/C30H35N5O/c1-6-28(36)35-27-20-30(21-10-7-14-24(18-21)33(2)3,22-11-8-15-25(19-22)34(4)5)17-16-26(27)29(32-35)31-23-12-9-13-23/h6-8,10-11,14-19,23H,1,9,12-13,20H2,2-5H3,(H,31,32). The van der Waals surface area contributed by atoms with E-state index in [1.54, 1.807) is 4.68 Å². The third-order valence-electron chi connectivity index (χ3n) is 7.59. The minimum atomic E-state index is -0.460. The van der Waals surface area contributed by atoms with E-state index in [0.717, 1.165) is 41.3 Å². The van der Waals surface area contributed by atoms with Gasteiger partial charge in [-0.15, -0.1) is 5.10 Å². The fourth-order valence-corrected chi connectivity index (χ4v) is 5.17. The molecule has 0 bridgehead atoms.